The number of aromatic nitrogens is 1. The first kappa shape index (κ1) is 18.0. The van der Waals surface area contributed by atoms with E-state index in [1.807, 2.05) is 43.8 Å². The lowest BCUT2D eigenvalue weighted by molar-refractivity contribution is 0.315. The van der Waals surface area contributed by atoms with Crippen LogP contribution in [0, 0.1) is 6.92 Å². The van der Waals surface area contributed by atoms with Gasteiger partial charge >= 0.3 is 0 Å². The molecule has 0 aliphatic heterocycles. The average molecular weight is 362 g/mol. The van der Waals surface area contributed by atoms with Crippen LogP contribution in [0.3, 0.4) is 0 Å². The lowest BCUT2D eigenvalue weighted by atomic mass is 10.2. The van der Waals surface area contributed by atoms with Gasteiger partial charge in [0.15, 0.2) is 0 Å². The van der Waals surface area contributed by atoms with Crippen molar-refractivity contribution in [1.82, 2.24) is 8.87 Å². The van der Waals surface area contributed by atoms with E-state index in [0.717, 1.165) is 36.3 Å². The van der Waals surface area contributed by atoms with Crippen molar-refractivity contribution in [3.05, 3.63) is 47.8 Å². The summed E-state index contributed by atoms with van der Waals surface area (Å²) < 4.78 is 35.7. The molecule has 0 amide bonds. The Labute approximate surface area is 150 Å². The maximum Gasteiger partial charge on any atom is 0.243 e. The molecule has 1 aliphatic rings. The van der Waals surface area contributed by atoms with E-state index in [1.165, 1.54) is 0 Å². The zero-order valence-electron chi connectivity index (χ0n) is 15.1. The Morgan fingerprint density at radius 1 is 1.28 bits per heavy atom. The highest BCUT2D eigenvalue weighted by Crippen LogP contribution is 2.34. The Morgan fingerprint density at radius 2 is 2.04 bits per heavy atom. The van der Waals surface area contributed by atoms with Gasteiger partial charge < -0.3 is 9.30 Å². The molecular formula is C19H26N2O3S. The minimum atomic E-state index is -3.53. The first-order chi connectivity index (χ1) is 11.9. The van der Waals surface area contributed by atoms with Crippen molar-refractivity contribution in [2.45, 2.75) is 50.6 Å². The molecule has 1 aromatic heterocycles. The summed E-state index contributed by atoms with van der Waals surface area (Å²) in [6.07, 6.45) is 4.73. The molecule has 0 N–H and O–H groups in total. The fourth-order valence-corrected chi connectivity index (χ4v) is 4.63. The molecule has 0 saturated heterocycles. The van der Waals surface area contributed by atoms with Crippen LogP contribution in [0.25, 0.3) is 0 Å². The van der Waals surface area contributed by atoms with Crippen molar-refractivity contribution < 1.29 is 13.2 Å². The third-order valence-corrected chi connectivity index (χ3v) is 6.43. The lowest BCUT2D eigenvalue weighted by Crippen LogP contribution is -2.33. The van der Waals surface area contributed by atoms with Crippen molar-refractivity contribution in [3.63, 3.8) is 0 Å². The predicted octanol–water partition coefficient (Wildman–Crippen LogP) is 3.48. The highest BCUT2D eigenvalue weighted by Gasteiger charge is 2.38. The summed E-state index contributed by atoms with van der Waals surface area (Å²) in [5, 5.41) is 0. The van der Waals surface area contributed by atoms with Crippen LogP contribution < -0.4 is 4.74 Å². The molecule has 0 bridgehead atoms. The van der Waals surface area contributed by atoms with Gasteiger partial charge in [-0.15, -0.1) is 0 Å². The molecule has 0 spiro atoms. The average Bonchev–Trinajstić information content (AvgIpc) is 3.33. The molecule has 0 radical (unpaired) electrons. The number of ether oxygens (including phenoxy) is 1. The van der Waals surface area contributed by atoms with Gasteiger partial charge in [0, 0.05) is 25.0 Å². The van der Waals surface area contributed by atoms with Crippen LogP contribution in [0.1, 0.15) is 37.4 Å². The maximum absolute atomic E-state index is 13.2. The Kier molecular flexibility index (Phi) is 5.20. The standard InChI is InChI=1S/C19H26N2O3S/c1-4-12-24-19-10-9-18(13-15(19)2)25(22,23)21(16-7-8-16)14-17-6-5-11-20(17)3/h5-6,9-11,13,16H,4,7-8,12,14H2,1-3H3. The number of rotatable bonds is 8. The number of benzene rings is 1. The Hall–Kier alpha value is -1.79. The van der Waals surface area contributed by atoms with Gasteiger partial charge in [-0.2, -0.15) is 4.31 Å². The summed E-state index contributed by atoms with van der Waals surface area (Å²) in [6, 6.07) is 9.17. The summed E-state index contributed by atoms with van der Waals surface area (Å²) in [6.45, 7) is 4.98. The number of hydrogen-bond acceptors (Lipinski definition) is 3. The normalized spacial score (nSPS) is 14.9. The minimum Gasteiger partial charge on any atom is -0.493 e. The van der Waals surface area contributed by atoms with Crippen LogP contribution in [0.5, 0.6) is 5.75 Å². The number of hydrogen-bond donors (Lipinski definition) is 0. The van der Waals surface area contributed by atoms with Crippen LogP contribution in [0.4, 0.5) is 0 Å². The Balaban J connectivity index is 1.88. The smallest absolute Gasteiger partial charge is 0.243 e. The van der Waals surface area contributed by atoms with Crippen molar-refractivity contribution in [2.24, 2.45) is 7.05 Å². The van der Waals surface area contributed by atoms with Crippen molar-refractivity contribution in [1.29, 1.82) is 0 Å². The molecule has 5 nitrogen and oxygen atoms in total. The van der Waals surface area contributed by atoms with Crippen LogP contribution in [-0.2, 0) is 23.6 Å². The lowest BCUT2D eigenvalue weighted by Gasteiger charge is -2.23. The number of nitrogens with zero attached hydrogens (tertiary/aromatic N) is 2. The van der Waals surface area contributed by atoms with E-state index in [9.17, 15) is 8.42 Å². The minimum absolute atomic E-state index is 0.108. The first-order valence-electron chi connectivity index (χ1n) is 8.79. The summed E-state index contributed by atoms with van der Waals surface area (Å²) in [4.78, 5) is 0.343. The molecule has 2 aromatic rings. The Morgan fingerprint density at radius 3 is 2.60 bits per heavy atom. The molecule has 1 saturated carbocycles. The molecule has 3 rings (SSSR count). The summed E-state index contributed by atoms with van der Waals surface area (Å²) in [7, 11) is -1.58. The van der Waals surface area contributed by atoms with Gasteiger partial charge in [0.25, 0.3) is 0 Å². The van der Waals surface area contributed by atoms with Crippen LogP contribution in [0.2, 0.25) is 0 Å². The highest BCUT2D eigenvalue weighted by atomic mass is 32.2. The fourth-order valence-electron chi connectivity index (χ4n) is 2.88. The third kappa shape index (κ3) is 3.90. The predicted molar refractivity (Wildman–Crippen MR) is 98.1 cm³/mol. The van der Waals surface area contributed by atoms with E-state index in [4.69, 9.17) is 4.74 Å². The second-order valence-electron chi connectivity index (χ2n) is 6.67. The summed E-state index contributed by atoms with van der Waals surface area (Å²) >= 11 is 0. The van der Waals surface area contributed by atoms with E-state index >= 15 is 0 Å². The molecule has 1 fully saturated rings. The first-order valence-corrected chi connectivity index (χ1v) is 10.2. The van der Waals surface area contributed by atoms with Gasteiger partial charge in [0.1, 0.15) is 5.75 Å². The van der Waals surface area contributed by atoms with Gasteiger partial charge in [0.2, 0.25) is 10.0 Å². The van der Waals surface area contributed by atoms with E-state index in [1.54, 1.807) is 22.5 Å². The number of aryl methyl sites for hydroxylation is 2. The maximum atomic E-state index is 13.2. The van der Waals surface area contributed by atoms with E-state index in [-0.39, 0.29) is 6.04 Å². The second kappa shape index (κ2) is 7.22. The molecule has 25 heavy (non-hydrogen) atoms. The van der Waals surface area contributed by atoms with Gasteiger partial charge in [-0.05, 0) is 62.1 Å². The monoisotopic (exact) mass is 362 g/mol. The van der Waals surface area contributed by atoms with Crippen LogP contribution >= 0.6 is 0 Å². The van der Waals surface area contributed by atoms with E-state index < -0.39 is 10.0 Å². The topological polar surface area (TPSA) is 51.5 Å². The van der Waals surface area contributed by atoms with Crippen LogP contribution in [0.15, 0.2) is 41.4 Å². The zero-order chi connectivity index (χ0) is 18.0. The van der Waals surface area contributed by atoms with Crippen molar-refractivity contribution >= 4 is 10.0 Å². The molecule has 1 heterocycles. The van der Waals surface area contributed by atoms with Crippen LogP contribution in [-0.4, -0.2) is 29.9 Å². The second-order valence-corrected chi connectivity index (χ2v) is 8.56. The molecule has 6 heteroatoms. The SMILES string of the molecule is CCCOc1ccc(S(=O)(=O)N(Cc2cccn2C)C2CC2)cc1C. The van der Waals surface area contributed by atoms with Gasteiger partial charge in [-0.3, -0.25) is 0 Å². The molecule has 136 valence electrons. The third-order valence-electron chi connectivity index (χ3n) is 4.54. The number of sulfonamides is 1. The quantitative estimate of drug-likeness (QED) is 0.722. The van der Waals surface area contributed by atoms with Gasteiger partial charge in [-0.1, -0.05) is 6.92 Å². The summed E-state index contributed by atoms with van der Waals surface area (Å²) in [5.74, 6) is 0.751. The molecular weight excluding hydrogens is 336 g/mol. The van der Waals surface area contributed by atoms with Gasteiger partial charge in [0.05, 0.1) is 18.0 Å². The van der Waals surface area contributed by atoms with E-state index in [2.05, 4.69) is 0 Å². The fraction of sp³-hybridized carbons (Fsp3) is 0.474. The highest BCUT2D eigenvalue weighted by molar-refractivity contribution is 7.89. The summed E-state index contributed by atoms with van der Waals surface area (Å²) in [5.41, 5.74) is 1.85. The molecule has 1 aliphatic carbocycles. The van der Waals surface area contributed by atoms with Crippen molar-refractivity contribution in [2.75, 3.05) is 6.61 Å². The largest absolute Gasteiger partial charge is 0.493 e. The Bertz CT molecular complexity index is 838. The van der Waals surface area contributed by atoms with E-state index in [0.29, 0.717) is 18.0 Å². The van der Waals surface area contributed by atoms with Gasteiger partial charge in [-0.25, -0.2) is 8.42 Å². The van der Waals surface area contributed by atoms with Crippen molar-refractivity contribution in [3.8, 4) is 5.75 Å². The zero-order valence-corrected chi connectivity index (χ0v) is 15.9. The molecule has 0 unspecified atom stereocenters. The molecule has 0 atom stereocenters. The molecule has 1 aromatic carbocycles.